The molecule has 0 radical (unpaired) electrons. The largest absolute Gasteiger partial charge is 0.376 e. The molecule has 4 aliphatic carbocycles. The van der Waals surface area contributed by atoms with Crippen molar-refractivity contribution in [1.29, 1.82) is 0 Å². The van der Waals surface area contributed by atoms with E-state index >= 15 is 0 Å². The molecule has 0 amide bonds. The molecule has 6 aliphatic rings. The molecule has 1 aromatic rings. The van der Waals surface area contributed by atoms with Crippen molar-refractivity contribution in [1.82, 2.24) is 14.8 Å². The number of nitrogens with zero attached hydrogens (tertiary/aromatic N) is 2. The fourth-order valence-electron chi connectivity index (χ4n) is 7.65. The molecule has 4 unspecified atom stereocenters. The standard InChI is InChI=1S/C35H43N3S/c1-4-5-11-31-23(2)35-30(36-26-16-19-34-29(20-26)28-9-6-7-13-33(28)39-34)10-8-12-32(35)38(31)27-17-14-24(15-18-27)25-21-37(3)22-25/h9,11-12,14,16,19-21,27,29,33-34,36H,2,4-8,10,13,15,17-18,22H2,1,3H3/b31-11+. The second-order valence-electron chi connectivity index (χ2n) is 12.3. The SMILES string of the molecule is C=c1c2c(n(C3CC=C(C4=CN(C)C4)CC3)/c1=C/CCC)=CCCC=2NC1=CC2C3=CCCCC3SC2C=C1. The van der Waals surface area contributed by atoms with Gasteiger partial charge in [-0.25, -0.2) is 0 Å². The van der Waals surface area contributed by atoms with Crippen LogP contribution in [0.5, 0.6) is 0 Å². The van der Waals surface area contributed by atoms with E-state index in [1.165, 1.54) is 71.1 Å². The minimum Gasteiger partial charge on any atom is -0.376 e. The van der Waals surface area contributed by atoms with Crippen LogP contribution in [0.3, 0.4) is 0 Å². The Balaban J connectivity index is 1.25. The van der Waals surface area contributed by atoms with E-state index in [4.69, 9.17) is 6.58 Å². The number of aromatic nitrogens is 1. The first-order valence-electron chi connectivity index (χ1n) is 15.4. The fourth-order valence-corrected chi connectivity index (χ4v) is 9.31. The van der Waals surface area contributed by atoms with Gasteiger partial charge in [-0.1, -0.05) is 62.0 Å². The maximum Gasteiger partial charge on any atom is 0.0471 e. The summed E-state index contributed by atoms with van der Waals surface area (Å²) in [6.45, 7) is 8.10. The molecule has 4 atom stereocenters. The van der Waals surface area contributed by atoms with E-state index < -0.39 is 0 Å². The van der Waals surface area contributed by atoms with Crippen molar-refractivity contribution in [3.63, 3.8) is 0 Å². The summed E-state index contributed by atoms with van der Waals surface area (Å²) in [5, 5.41) is 10.7. The van der Waals surface area contributed by atoms with Crippen LogP contribution < -0.4 is 26.5 Å². The zero-order valence-electron chi connectivity index (χ0n) is 23.7. The normalized spacial score (nSPS) is 29.8. The van der Waals surface area contributed by atoms with Crippen LogP contribution in [0.15, 0.2) is 59.0 Å². The molecular formula is C35H43N3S. The molecule has 39 heavy (non-hydrogen) atoms. The zero-order valence-corrected chi connectivity index (χ0v) is 24.5. The first kappa shape index (κ1) is 25.4. The number of unbranched alkanes of at least 4 members (excludes halogenated alkanes) is 1. The lowest BCUT2D eigenvalue weighted by Gasteiger charge is -2.32. The van der Waals surface area contributed by atoms with Gasteiger partial charge in [0.15, 0.2) is 0 Å². The van der Waals surface area contributed by atoms with Gasteiger partial charge in [-0.05, 0) is 75.0 Å². The van der Waals surface area contributed by atoms with Gasteiger partial charge in [-0.15, -0.1) is 11.8 Å². The Labute approximate surface area is 237 Å². The molecule has 1 N–H and O–H groups in total. The number of allylic oxidation sites excluding steroid dienone is 4. The quantitative estimate of drug-likeness (QED) is 0.522. The monoisotopic (exact) mass is 537 g/mol. The van der Waals surface area contributed by atoms with E-state index in [1.807, 2.05) is 0 Å². The third kappa shape index (κ3) is 4.53. The minimum atomic E-state index is 0.510. The molecule has 1 aromatic heterocycles. The van der Waals surface area contributed by atoms with Crippen LogP contribution in [0.1, 0.15) is 77.2 Å². The Bertz CT molecular complexity index is 1560. The highest BCUT2D eigenvalue weighted by Gasteiger charge is 2.39. The van der Waals surface area contributed by atoms with Crippen LogP contribution in [0.25, 0.3) is 24.4 Å². The Morgan fingerprint density at radius 2 is 2.03 bits per heavy atom. The van der Waals surface area contributed by atoms with Crippen molar-refractivity contribution in [3.05, 3.63) is 80.1 Å². The Kier molecular flexibility index (Phi) is 6.79. The van der Waals surface area contributed by atoms with Gasteiger partial charge in [0, 0.05) is 74.8 Å². The molecule has 7 rings (SSSR count). The van der Waals surface area contributed by atoms with Gasteiger partial charge in [0.25, 0.3) is 0 Å². The number of thioether (sulfide) groups is 1. The van der Waals surface area contributed by atoms with Crippen molar-refractivity contribution in [2.45, 2.75) is 87.7 Å². The summed E-state index contributed by atoms with van der Waals surface area (Å²) in [6, 6.07) is 0.510. The third-order valence-corrected chi connectivity index (χ3v) is 11.2. The summed E-state index contributed by atoms with van der Waals surface area (Å²) in [6.07, 6.45) is 31.6. The zero-order chi connectivity index (χ0) is 26.5. The van der Waals surface area contributed by atoms with Crippen molar-refractivity contribution < 1.29 is 0 Å². The topological polar surface area (TPSA) is 20.2 Å². The van der Waals surface area contributed by atoms with Gasteiger partial charge < -0.3 is 14.8 Å². The van der Waals surface area contributed by atoms with Crippen LogP contribution in [0, 0.1) is 5.92 Å². The Hall–Kier alpha value is -2.59. The van der Waals surface area contributed by atoms with Crippen LogP contribution >= 0.6 is 11.8 Å². The summed E-state index contributed by atoms with van der Waals surface area (Å²) in [5.74, 6) is 0.564. The number of fused-ring (bicyclic) bond motifs is 4. The predicted octanol–water partition coefficient (Wildman–Crippen LogP) is 4.90. The van der Waals surface area contributed by atoms with Crippen LogP contribution in [0.4, 0.5) is 0 Å². The summed E-state index contributed by atoms with van der Waals surface area (Å²) in [5.41, 5.74) is 7.46. The molecule has 3 heterocycles. The number of hydrogen-bond acceptors (Lipinski definition) is 3. The lowest BCUT2D eigenvalue weighted by Crippen LogP contribution is -2.43. The number of nitrogens with one attached hydrogen (secondary N) is 1. The average Bonchev–Trinajstić information content (AvgIpc) is 3.45. The highest BCUT2D eigenvalue weighted by molar-refractivity contribution is 8.01. The van der Waals surface area contributed by atoms with Gasteiger partial charge in [0.2, 0.25) is 0 Å². The van der Waals surface area contributed by atoms with Crippen LogP contribution in [0.2, 0.25) is 0 Å². The summed E-state index contributed by atoms with van der Waals surface area (Å²) in [4.78, 5) is 2.28. The first-order chi connectivity index (χ1) is 19.1. The molecule has 0 saturated carbocycles. The highest BCUT2D eigenvalue weighted by atomic mass is 32.2. The molecule has 1 saturated heterocycles. The second kappa shape index (κ2) is 10.4. The first-order valence-corrected chi connectivity index (χ1v) is 16.3. The molecule has 4 heteroatoms. The number of likely N-dealkylation sites (N-methyl/N-ethyl adjacent to an activating group) is 1. The maximum atomic E-state index is 4.71. The van der Waals surface area contributed by atoms with Gasteiger partial charge in [0.05, 0.1) is 0 Å². The van der Waals surface area contributed by atoms with E-state index in [9.17, 15) is 0 Å². The van der Waals surface area contributed by atoms with E-state index in [0.717, 1.165) is 37.5 Å². The lowest BCUT2D eigenvalue weighted by atomic mass is 9.85. The van der Waals surface area contributed by atoms with E-state index in [1.54, 1.807) is 16.7 Å². The fraction of sp³-hybridized carbons (Fsp3) is 0.486. The van der Waals surface area contributed by atoms with Crippen molar-refractivity contribution in [2.75, 3.05) is 13.6 Å². The van der Waals surface area contributed by atoms with Crippen LogP contribution in [-0.2, 0) is 0 Å². The van der Waals surface area contributed by atoms with Crippen molar-refractivity contribution in [3.8, 4) is 0 Å². The summed E-state index contributed by atoms with van der Waals surface area (Å²) >= 11 is 2.19. The average molecular weight is 538 g/mol. The number of hydrogen-bond donors (Lipinski definition) is 1. The number of rotatable bonds is 6. The molecule has 1 fully saturated rings. The van der Waals surface area contributed by atoms with Crippen LogP contribution in [-0.4, -0.2) is 33.6 Å². The van der Waals surface area contributed by atoms with Gasteiger partial charge in [-0.3, -0.25) is 0 Å². The maximum absolute atomic E-state index is 4.71. The summed E-state index contributed by atoms with van der Waals surface area (Å²) < 4.78 is 2.68. The molecule has 0 bridgehead atoms. The highest BCUT2D eigenvalue weighted by Crippen LogP contribution is 2.49. The Morgan fingerprint density at radius 3 is 2.82 bits per heavy atom. The molecule has 0 spiro atoms. The van der Waals surface area contributed by atoms with E-state index in [-0.39, 0.29) is 0 Å². The lowest BCUT2D eigenvalue weighted by molar-refractivity contribution is 0.412. The predicted molar refractivity (Wildman–Crippen MR) is 168 cm³/mol. The van der Waals surface area contributed by atoms with Crippen molar-refractivity contribution >= 4 is 36.2 Å². The molecule has 0 aromatic carbocycles. The minimum absolute atomic E-state index is 0.510. The van der Waals surface area contributed by atoms with Crippen molar-refractivity contribution in [2.24, 2.45) is 5.92 Å². The molecular weight excluding hydrogens is 494 g/mol. The molecule has 2 aliphatic heterocycles. The van der Waals surface area contributed by atoms with E-state index in [0.29, 0.717) is 17.2 Å². The third-order valence-electron chi connectivity index (χ3n) is 9.61. The molecule has 204 valence electrons. The van der Waals surface area contributed by atoms with Gasteiger partial charge in [-0.2, -0.15) is 0 Å². The van der Waals surface area contributed by atoms with Gasteiger partial charge in [0.1, 0.15) is 0 Å². The van der Waals surface area contributed by atoms with E-state index in [2.05, 4.69) is 89.2 Å². The second-order valence-corrected chi connectivity index (χ2v) is 13.7. The summed E-state index contributed by atoms with van der Waals surface area (Å²) in [7, 11) is 2.17. The Morgan fingerprint density at radius 1 is 1.13 bits per heavy atom. The smallest absolute Gasteiger partial charge is 0.0471 e. The van der Waals surface area contributed by atoms with Gasteiger partial charge >= 0.3 is 0 Å². The molecule has 3 nitrogen and oxygen atoms in total.